The normalized spacial score (nSPS) is 18.1. The van der Waals surface area contributed by atoms with Crippen LogP contribution in [0.5, 0.6) is 5.75 Å². The SMILES string of the molecule is CC1(C)c2ccccc2-c2ccc(N(c3ccc4c(c3)C3(C/C=C\C=C/COc5ccccc53)c3ccc5ccccc5c3-4)c3cccc4c3sc3ccccc34)cc21. The summed E-state index contributed by atoms with van der Waals surface area (Å²) < 4.78 is 9.21. The molecule has 0 N–H and O–H groups in total. The molecule has 0 amide bonds. The Bertz CT molecular complexity index is 3250. The minimum atomic E-state index is -0.500. The van der Waals surface area contributed by atoms with Crippen LogP contribution in [0.15, 0.2) is 188 Å². The topological polar surface area (TPSA) is 12.5 Å². The highest BCUT2D eigenvalue weighted by Gasteiger charge is 2.47. The van der Waals surface area contributed by atoms with Crippen molar-refractivity contribution in [3.63, 3.8) is 0 Å². The van der Waals surface area contributed by atoms with Gasteiger partial charge in [0.25, 0.3) is 0 Å². The predicted molar refractivity (Wildman–Crippen MR) is 249 cm³/mol. The van der Waals surface area contributed by atoms with Crippen molar-refractivity contribution in [2.24, 2.45) is 0 Å². The maximum absolute atomic E-state index is 6.62. The lowest BCUT2D eigenvalue weighted by molar-refractivity contribution is 0.353. The number of ether oxygens (including phenoxy) is 1. The van der Waals surface area contributed by atoms with E-state index in [0.717, 1.165) is 23.5 Å². The molecule has 59 heavy (non-hydrogen) atoms. The predicted octanol–water partition coefficient (Wildman–Crippen LogP) is 15.2. The van der Waals surface area contributed by atoms with E-state index in [1.54, 1.807) is 0 Å². The molecule has 282 valence electrons. The van der Waals surface area contributed by atoms with Crippen LogP contribution in [0, 0.1) is 0 Å². The van der Waals surface area contributed by atoms with E-state index in [2.05, 4.69) is 207 Å². The highest BCUT2D eigenvalue weighted by molar-refractivity contribution is 7.26. The van der Waals surface area contributed by atoms with Gasteiger partial charge < -0.3 is 9.64 Å². The minimum absolute atomic E-state index is 0.136. The molecule has 3 aliphatic rings. The number of allylic oxidation sites excluding steroid dienone is 3. The maximum Gasteiger partial charge on any atom is 0.124 e. The Morgan fingerprint density at radius 2 is 1.22 bits per heavy atom. The van der Waals surface area contributed by atoms with Crippen molar-refractivity contribution in [3.05, 3.63) is 216 Å². The molecule has 3 heteroatoms. The van der Waals surface area contributed by atoms with Gasteiger partial charge in [-0.05, 0) is 110 Å². The van der Waals surface area contributed by atoms with Crippen LogP contribution in [0.4, 0.5) is 17.1 Å². The summed E-state index contributed by atoms with van der Waals surface area (Å²) in [4.78, 5) is 2.54. The minimum Gasteiger partial charge on any atom is -0.489 e. The summed E-state index contributed by atoms with van der Waals surface area (Å²) in [6.07, 6.45) is 9.55. The third kappa shape index (κ3) is 4.92. The van der Waals surface area contributed by atoms with Gasteiger partial charge in [-0.25, -0.2) is 0 Å². The molecule has 8 aromatic carbocycles. The second-order valence-electron chi connectivity index (χ2n) is 16.7. The molecule has 0 saturated carbocycles. The summed E-state index contributed by atoms with van der Waals surface area (Å²) in [6.45, 7) is 5.27. The van der Waals surface area contributed by atoms with Crippen LogP contribution in [-0.2, 0) is 10.8 Å². The lowest BCUT2D eigenvalue weighted by Crippen LogP contribution is -2.28. The Balaban J connectivity index is 1.16. The summed E-state index contributed by atoms with van der Waals surface area (Å²) in [5.41, 5.74) is 14.7. The lowest BCUT2D eigenvalue weighted by Gasteiger charge is -2.35. The fourth-order valence-electron chi connectivity index (χ4n) is 10.6. The number of nitrogens with zero attached hydrogens (tertiary/aromatic N) is 1. The number of anilines is 3. The quantitative estimate of drug-likeness (QED) is 0.177. The standard InChI is InChI=1S/C56H41NOS/c1-55(2)45-21-9-7-18-40(45)41-29-27-37(34-48(41)55)57(50-23-15-20-43-42-19-8-12-25-52(42)59-54(43)50)38-28-30-44-49(35-38)56(47-31-26-36-16-5-6-17-39(36)53(44)47)32-13-3-4-14-33-58-51-24-11-10-22-46(51)56/h3-31,34-35H,32-33H2,1-2H3/b13-3-,14-4-. The van der Waals surface area contributed by atoms with Gasteiger partial charge in [0.1, 0.15) is 12.4 Å². The van der Waals surface area contributed by atoms with E-state index in [0.29, 0.717) is 6.61 Å². The molecule has 12 rings (SSSR count). The molecule has 1 spiro atoms. The Morgan fingerprint density at radius 1 is 0.525 bits per heavy atom. The third-order valence-corrected chi connectivity index (χ3v) is 14.5. The summed E-state index contributed by atoms with van der Waals surface area (Å²) in [6, 6.07) is 61.3. The van der Waals surface area contributed by atoms with Crippen LogP contribution in [0.3, 0.4) is 0 Å². The second-order valence-corrected chi connectivity index (χ2v) is 17.8. The van der Waals surface area contributed by atoms with E-state index in [-0.39, 0.29) is 5.41 Å². The van der Waals surface area contributed by atoms with Gasteiger partial charge in [0.2, 0.25) is 0 Å². The first-order valence-corrected chi connectivity index (χ1v) is 21.5. The average molecular weight is 776 g/mol. The van der Waals surface area contributed by atoms with E-state index >= 15 is 0 Å². The molecule has 0 radical (unpaired) electrons. The Morgan fingerprint density at radius 3 is 2.12 bits per heavy atom. The van der Waals surface area contributed by atoms with Crippen LogP contribution in [-0.4, -0.2) is 6.61 Å². The summed E-state index contributed by atoms with van der Waals surface area (Å²) in [5, 5.41) is 5.12. The Kier molecular flexibility index (Phi) is 7.52. The Hall–Kier alpha value is -6.68. The summed E-state index contributed by atoms with van der Waals surface area (Å²) >= 11 is 1.89. The molecule has 2 nitrogen and oxygen atoms in total. The fourth-order valence-corrected chi connectivity index (χ4v) is 11.8. The molecule has 0 saturated heterocycles. The fraction of sp³-hybridized carbons (Fsp3) is 0.107. The van der Waals surface area contributed by atoms with Crippen LogP contribution in [0.25, 0.3) is 53.2 Å². The molecule has 1 unspecified atom stereocenters. The van der Waals surface area contributed by atoms with Crippen LogP contribution >= 0.6 is 11.3 Å². The smallest absolute Gasteiger partial charge is 0.124 e. The van der Waals surface area contributed by atoms with Gasteiger partial charge in [-0.15, -0.1) is 11.3 Å². The maximum atomic E-state index is 6.62. The van der Waals surface area contributed by atoms with Crippen molar-refractivity contribution in [1.82, 2.24) is 0 Å². The number of hydrogen-bond donors (Lipinski definition) is 0. The van der Waals surface area contributed by atoms with Crippen molar-refractivity contribution < 1.29 is 4.74 Å². The molecule has 1 atom stereocenters. The highest BCUT2D eigenvalue weighted by Crippen LogP contribution is 2.60. The van der Waals surface area contributed by atoms with Gasteiger partial charge in [0, 0.05) is 37.8 Å². The van der Waals surface area contributed by atoms with Crippen molar-refractivity contribution >= 4 is 59.3 Å². The van der Waals surface area contributed by atoms with Crippen LogP contribution < -0.4 is 9.64 Å². The molecule has 9 aromatic rings. The Labute approximate surface area is 349 Å². The second kappa shape index (κ2) is 12.9. The zero-order valence-corrected chi connectivity index (χ0v) is 33.9. The number of para-hydroxylation sites is 1. The van der Waals surface area contributed by atoms with Crippen LogP contribution in [0.1, 0.15) is 48.1 Å². The number of hydrogen-bond acceptors (Lipinski definition) is 3. The average Bonchev–Trinajstić information content (AvgIpc) is 3.88. The number of benzene rings is 8. The molecule has 0 fully saturated rings. The molecule has 2 heterocycles. The van der Waals surface area contributed by atoms with Gasteiger partial charge in [-0.1, -0.05) is 153 Å². The number of rotatable bonds is 3. The zero-order chi connectivity index (χ0) is 39.3. The number of thiophene rings is 1. The number of fused-ring (bicyclic) bond motifs is 15. The molecule has 0 bridgehead atoms. The van der Waals surface area contributed by atoms with Crippen molar-refractivity contribution in [1.29, 1.82) is 0 Å². The zero-order valence-electron chi connectivity index (χ0n) is 33.1. The molecule has 1 aromatic heterocycles. The van der Waals surface area contributed by atoms with E-state index < -0.39 is 5.41 Å². The molecular weight excluding hydrogens is 735 g/mol. The van der Waals surface area contributed by atoms with Gasteiger partial charge in [0.15, 0.2) is 0 Å². The van der Waals surface area contributed by atoms with Crippen molar-refractivity contribution in [3.8, 4) is 28.0 Å². The summed E-state index contributed by atoms with van der Waals surface area (Å²) in [7, 11) is 0. The van der Waals surface area contributed by atoms with Gasteiger partial charge >= 0.3 is 0 Å². The first-order chi connectivity index (χ1) is 29.0. The highest BCUT2D eigenvalue weighted by atomic mass is 32.1. The van der Waals surface area contributed by atoms with E-state index in [9.17, 15) is 0 Å². The monoisotopic (exact) mass is 775 g/mol. The largest absolute Gasteiger partial charge is 0.489 e. The molecular formula is C56H41NOS. The van der Waals surface area contributed by atoms with Crippen molar-refractivity contribution in [2.45, 2.75) is 31.1 Å². The summed E-state index contributed by atoms with van der Waals surface area (Å²) in [5.74, 6) is 0.928. The lowest BCUT2D eigenvalue weighted by atomic mass is 9.69. The van der Waals surface area contributed by atoms with E-state index in [4.69, 9.17) is 4.74 Å². The molecule has 1 aliphatic heterocycles. The van der Waals surface area contributed by atoms with Crippen LogP contribution in [0.2, 0.25) is 0 Å². The van der Waals surface area contributed by atoms with Gasteiger partial charge in [-0.2, -0.15) is 0 Å². The first-order valence-electron chi connectivity index (χ1n) is 20.7. The van der Waals surface area contributed by atoms with E-state index in [1.165, 1.54) is 86.7 Å². The van der Waals surface area contributed by atoms with Crippen molar-refractivity contribution in [2.75, 3.05) is 11.5 Å². The molecule has 2 aliphatic carbocycles. The third-order valence-electron chi connectivity index (χ3n) is 13.3. The van der Waals surface area contributed by atoms with Gasteiger partial charge in [0.05, 0.1) is 15.8 Å². The first kappa shape index (κ1) is 34.4. The van der Waals surface area contributed by atoms with Gasteiger partial charge in [-0.3, -0.25) is 0 Å². The van der Waals surface area contributed by atoms with E-state index in [1.807, 2.05) is 11.3 Å².